The highest BCUT2D eigenvalue weighted by atomic mass is 19.4. The van der Waals surface area contributed by atoms with E-state index in [1.54, 1.807) is 16.8 Å². The maximum absolute atomic E-state index is 12.8. The number of rotatable bonds is 4. The van der Waals surface area contributed by atoms with Crippen molar-refractivity contribution in [3.8, 4) is 5.69 Å². The lowest BCUT2D eigenvalue weighted by atomic mass is 9.78. The van der Waals surface area contributed by atoms with Gasteiger partial charge in [0.05, 0.1) is 17.3 Å². The molecule has 2 aromatic carbocycles. The molecular weight excluding hydrogens is 507 g/mol. The zero-order valence-electron chi connectivity index (χ0n) is 20.1. The molecule has 1 amide bonds. The molecule has 38 heavy (non-hydrogen) atoms. The van der Waals surface area contributed by atoms with E-state index in [-0.39, 0.29) is 11.9 Å². The van der Waals surface area contributed by atoms with Crippen molar-refractivity contribution in [2.75, 3.05) is 11.9 Å². The number of fused-ring (bicyclic) bond motifs is 2. The van der Waals surface area contributed by atoms with Crippen LogP contribution in [-0.4, -0.2) is 51.5 Å². The molecule has 202 valence electrons. The number of hydrogen-bond donors (Lipinski definition) is 4. The van der Waals surface area contributed by atoms with Gasteiger partial charge in [-0.25, -0.2) is 14.3 Å². The van der Waals surface area contributed by atoms with Gasteiger partial charge in [-0.2, -0.15) is 24.2 Å². The number of carboxylic acids is 1. The third-order valence-electron chi connectivity index (χ3n) is 6.78. The number of nitrogens with two attached hydrogens (primary N) is 1. The minimum absolute atomic E-state index is 0.0388. The zero-order valence-corrected chi connectivity index (χ0v) is 20.1. The van der Waals surface area contributed by atoms with E-state index in [4.69, 9.17) is 15.8 Å². The Morgan fingerprint density at radius 3 is 2.45 bits per heavy atom. The smallest absolute Gasteiger partial charge is 0.475 e. The highest BCUT2D eigenvalue weighted by molar-refractivity contribution is 6.02. The van der Waals surface area contributed by atoms with Crippen LogP contribution in [0, 0.1) is 11.8 Å². The van der Waals surface area contributed by atoms with E-state index in [0.29, 0.717) is 22.9 Å². The number of benzene rings is 2. The van der Waals surface area contributed by atoms with E-state index in [1.165, 1.54) is 19.3 Å². The topological polar surface area (TPSA) is 149 Å². The molecule has 3 unspecified atom stereocenters. The van der Waals surface area contributed by atoms with E-state index in [0.717, 1.165) is 29.7 Å². The molecule has 3 aromatic rings. The van der Waals surface area contributed by atoms with Crippen LogP contribution in [0.2, 0.25) is 0 Å². The highest BCUT2D eigenvalue weighted by Crippen LogP contribution is 2.36. The number of aliphatic carboxylic acids is 1. The predicted octanol–water partition coefficient (Wildman–Crippen LogP) is 3.41. The fourth-order valence-electron chi connectivity index (χ4n) is 4.97. The highest BCUT2D eigenvalue weighted by Gasteiger charge is 2.41. The first-order chi connectivity index (χ1) is 18.1. The molecule has 1 aromatic heterocycles. The van der Waals surface area contributed by atoms with Gasteiger partial charge in [-0.05, 0) is 61.6 Å². The average molecular weight is 534 g/mol. The van der Waals surface area contributed by atoms with Crippen molar-refractivity contribution in [2.24, 2.45) is 17.7 Å². The lowest BCUT2D eigenvalue weighted by Crippen LogP contribution is -2.40. The molecule has 10 nitrogen and oxygen atoms in total. The number of carbonyl (C=O) groups is 3. The lowest BCUT2D eigenvalue weighted by molar-refractivity contribution is -0.192. The van der Waals surface area contributed by atoms with Gasteiger partial charge in [0.25, 0.3) is 0 Å². The minimum atomic E-state index is -5.08. The fourth-order valence-corrected chi connectivity index (χ4v) is 4.97. The van der Waals surface area contributed by atoms with Crippen molar-refractivity contribution in [3.63, 3.8) is 0 Å². The van der Waals surface area contributed by atoms with Gasteiger partial charge in [-0.1, -0.05) is 25.0 Å². The number of anilines is 1. The Kier molecular flexibility index (Phi) is 7.97. The van der Waals surface area contributed by atoms with E-state index in [1.807, 2.05) is 36.5 Å². The summed E-state index contributed by atoms with van der Waals surface area (Å²) in [6.45, 7) is 0.939. The van der Waals surface area contributed by atoms with Crippen LogP contribution in [0.5, 0.6) is 0 Å². The molecule has 1 saturated carbocycles. The molecule has 1 saturated heterocycles. The number of alkyl halides is 3. The lowest BCUT2D eigenvalue weighted by Gasteiger charge is -2.27. The van der Waals surface area contributed by atoms with Crippen molar-refractivity contribution in [1.29, 1.82) is 0 Å². The zero-order chi connectivity index (χ0) is 27.4. The molecule has 0 bridgehead atoms. The summed E-state index contributed by atoms with van der Waals surface area (Å²) in [5.74, 6) is 2.75. The second kappa shape index (κ2) is 11.2. The number of aromatic nitrogens is 2. The molecule has 5 rings (SSSR count). The van der Waals surface area contributed by atoms with Crippen molar-refractivity contribution in [3.05, 3.63) is 54.2 Å². The van der Waals surface area contributed by atoms with Gasteiger partial charge in [0.1, 0.15) is 5.52 Å². The van der Waals surface area contributed by atoms with Gasteiger partial charge in [-0.3, -0.25) is 4.79 Å². The van der Waals surface area contributed by atoms with Crippen molar-refractivity contribution in [1.82, 2.24) is 15.1 Å². The number of amides is 1. The van der Waals surface area contributed by atoms with Crippen LogP contribution < -0.4 is 16.5 Å². The molecular formula is C25H26F3N5O5. The Labute approximate surface area is 214 Å². The first kappa shape index (κ1) is 27.1. The Morgan fingerprint density at radius 2 is 1.79 bits per heavy atom. The third-order valence-corrected chi connectivity index (χ3v) is 6.78. The number of halogens is 3. The maximum atomic E-state index is 12.8. The summed E-state index contributed by atoms with van der Waals surface area (Å²) in [4.78, 5) is 38.0. The molecule has 13 heteroatoms. The SMILES string of the molecule is NOC(=O)c1cccc2cn(-c3ccc(NC(=O)C4NCC5CCCCC54)cc3)nc12.O=C(O)C(F)(F)F. The third kappa shape index (κ3) is 5.94. The second-order valence-corrected chi connectivity index (χ2v) is 9.16. The molecule has 1 aliphatic heterocycles. The molecule has 2 heterocycles. The van der Waals surface area contributed by atoms with Gasteiger partial charge in [0.2, 0.25) is 5.91 Å². The molecule has 0 spiro atoms. The quantitative estimate of drug-likeness (QED) is 0.373. The molecule has 3 atom stereocenters. The van der Waals surface area contributed by atoms with Gasteiger partial charge >= 0.3 is 18.1 Å². The van der Waals surface area contributed by atoms with Crippen LogP contribution in [0.1, 0.15) is 36.0 Å². The Bertz CT molecular complexity index is 1330. The summed E-state index contributed by atoms with van der Waals surface area (Å²) in [5.41, 5.74) is 2.39. The molecule has 2 fully saturated rings. The monoisotopic (exact) mass is 533 g/mol. The summed E-state index contributed by atoms with van der Waals surface area (Å²) < 4.78 is 33.4. The van der Waals surface area contributed by atoms with Crippen molar-refractivity contribution in [2.45, 2.75) is 37.9 Å². The van der Waals surface area contributed by atoms with E-state index in [9.17, 15) is 22.8 Å². The number of carboxylic acid groups (broad SMARTS) is 1. The van der Waals surface area contributed by atoms with Gasteiger partial charge < -0.3 is 20.6 Å². The van der Waals surface area contributed by atoms with Crippen molar-refractivity contribution >= 4 is 34.4 Å². The van der Waals surface area contributed by atoms with E-state index < -0.39 is 18.1 Å². The first-order valence-electron chi connectivity index (χ1n) is 11.9. The summed E-state index contributed by atoms with van der Waals surface area (Å²) in [5, 5.41) is 18.9. The summed E-state index contributed by atoms with van der Waals surface area (Å²) >= 11 is 0. The Hall–Kier alpha value is -3.97. The standard InChI is InChI=1S/C23H25N5O3.C2HF3O2/c24-31-23(30)19-7-3-5-15-13-28(27-20(15)19)17-10-8-16(9-11-17)26-22(29)21-18-6-2-1-4-14(18)12-25-21;3-2(4,5)1(6)7/h3,5,7-11,13-14,18,21,25H,1-2,4,6,12,24H2,(H,26,29);(H,6,7). The second-order valence-electron chi connectivity index (χ2n) is 9.16. The molecule has 0 radical (unpaired) electrons. The largest absolute Gasteiger partial charge is 0.490 e. The summed E-state index contributed by atoms with van der Waals surface area (Å²) in [7, 11) is 0. The van der Waals surface area contributed by atoms with Crippen molar-refractivity contribution < 1.29 is 37.5 Å². The summed E-state index contributed by atoms with van der Waals surface area (Å²) in [6.07, 6.45) is 1.59. The van der Waals surface area contributed by atoms with Crippen LogP contribution in [0.4, 0.5) is 18.9 Å². The number of nitrogens with zero attached hydrogens (tertiary/aromatic N) is 2. The maximum Gasteiger partial charge on any atom is 0.490 e. The minimum Gasteiger partial charge on any atom is -0.475 e. The Morgan fingerprint density at radius 1 is 1.11 bits per heavy atom. The first-order valence-corrected chi connectivity index (χ1v) is 11.9. The van der Waals surface area contributed by atoms with Crippen LogP contribution >= 0.6 is 0 Å². The average Bonchev–Trinajstić information content (AvgIpc) is 3.53. The molecule has 2 aliphatic rings. The number of carbonyl (C=O) groups excluding carboxylic acids is 2. The predicted molar refractivity (Wildman–Crippen MR) is 130 cm³/mol. The number of hydrogen-bond acceptors (Lipinski definition) is 7. The van der Waals surface area contributed by atoms with Crippen LogP contribution in [0.15, 0.2) is 48.7 Å². The van der Waals surface area contributed by atoms with Gasteiger partial charge in [-0.15, -0.1) is 0 Å². The van der Waals surface area contributed by atoms with Crippen LogP contribution in [0.25, 0.3) is 16.6 Å². The molecule has 1 aliphatic carbocycles. The van der Waals surface area contributed by atoms with Gasteiger partial charge in [0.15, 0.2) is 0 Å². The van der Waals surface area contributed by atoms with E-state index >= 15 is 0 Å². The normalized spacial score (nSPS) is 20.7. The Balaban J connectivity index is 0.000000426. The van der Waals surface area contributed by atoms with Crippen LogP contribution in [0.3, 0.4) is 0 Å². The fraction of sp³-hybridized carbons (Fsp3) is 0.360. The van der Waals surface area contributed by atoms with Crippen LogP contribution in [-0.2, 0) is 14.4 Å². The van der Waals surface area contributed by atoms with Gasteiger partial charge in [0, 0.05) is 17.3 Å². The molecule has 5 N–H and O–H groups in total. The summed E-state index contributed by atoms with van der Waals surface area (Å²) in [6, 6.07) is 12.6. The number of nitrogens with one attached hydrogen (secondary N) is 2. The van der Waals surface area contributed by atoms with E-state index in [2.05, 4.69) is 20.6 Å².